The van der Waals surface area contributed by atoms with Crippen molar-refractivity contribution in [2.75, 3.05) is 0 Å². The van der Waals surface area contributed by atoms with Crippen molar-refractivity contribution in [1.82, 2.24) is 0 Å². The molecule has 0 aliphatic heterocycles. The van der Waals surface area contributed by atoms with E-state index >= 15 is 0 Å². The maximum atomic E-state index is 9.53. The summed E-state index contributed by atoms with van der Waals surface area (Å²) < 4.78 is 56.3. The average Bonchev–Trinajstić information content (AvgIpc) is 1.47. The van der Waals surface area contributed by atoms with Crippen LogP contribution in [0.1, 0.15) is 0 Å². The van der Waals surface area contributed by atoms with Crippen LogP contribution in [0.4, 0.5) is 0 Å². The summed E-state index contributed by atoms with van der Waals surface area (Å²) in [6.07, 6.45) is 0. The second-order valence-corrected chi connectivity index (χ2v) is 4.92. The first-order valence-electron chi connectivity index (χ1n) is 1.93. The van der Waals surface area contributed by atoms with Crippen molar-refractivity contribution in [3.63, 3.8) is 0 Å². The van der Waals surface area contributed by atoms with Crippen molar-refractivity contribution in [2.45, 2.75) is 0 Å². The molecule has 0 aliphatic rings. The quantitative estimate of drug-likeness (QED) is 0.377. The van der Waals surface area contributed by atoms with Crippen molar-refractivity contribution in [1.29, 1.82) is 0 Å². The van der Waals surface area contributed by atoms with Crippen LogP contribution >= 0.6 is 0 Å². The molecule has 0 bridgehead atoms. The molecule has 11 nitrogen and oxygen atoms in total. The molecule has 80 valence electrons. The van der Waals surface area contributed by atoms with Crippen LogP contribution in [0.5, 0.6) is 0 Å². The van der Waals surface area contributed by atoms with Crippen LogP contribution in [0.3, 0.4) is 0 Å². The molecular formula is H3Cr2NO10. The molecule has 3 N–H and O–H groups in total. The van der Waals surface area contributed by atoms with Crippen LogP contribution in [-0.2, 0) is 45.3 Å². The molecule has 0 rings (SSSR count). The molecule has 0 amide bonds. The Morgan fingerprint density at radius 2 is 1.23 bits per heavy atom. The van der Waals surface area contributed by atoms with Crippen molar-refractivity contribution < 1.29 is 63.9 Å². The van der Waals surface area contributed by atoms with Crippen LogP contribution < -0.4 is 0 Å². The van der Waals surface area contributed by atoms with Crippen molar-refractivity contribution >= 4 is 0 Å². The predicted octanol–water partition coefficient (Wildman–Crippen LogP) is -2.01. The molecule has 0 radical (unpaired) electrons. The van der Waals surface area contributed by atoms with Crippen LogP contribution in [0.2, 0.25) is 0 Å². The van der Waals surface area contributed by atoms with Gasteiger partial charge in [0.1, 0.15) is 0 Å². The standard InChI is InChI=1S/2Cr.HNO3.2H2O.5O/c;;2-1(3)4;;;;;;;/h;;(H,2,3,4);2*1H2;;;;;/q2*+1;;;;;;;;/p-2. The molecule has 0 atom stereocenters. The Kier molecular flexibility index (Phi) is 5.89. The van der Waals surface area contributed by atoms with Crippen molar-refractivity contribution in [3.8, 4) is 0 Å². The molecule has 0 heterocycles. The third-order valence-corrected chi connectivity index (χ3v) is 2.92. The molecule has 0 aromatic carbocycles. The van der Waals surface area contributed by atoms with E-state index in [1.165, 1.54) is 0 Å². The molecule has 0 aromatic heterocycles. The van der Waals surface area contributed by atoms with Gasteiger partial charge in [-0.2, -0.15) is 0 Å². The number of hydrogen-bond donors (Lipinski definition) is 3. The molecular weight excluding hydrogens is 278 g/mol. The minimum absolute atomic E-state index is 1.50. The first-order valence-corrected chi connectivity index (χ1v) is 6.19. The summed E-state index contributed by atoms with van der Waals surface area (Å²) in [6, 6.07) is 0. The maximum absolute atomic E-state index is 9.53. The fraction of sp³-hybridized carbons (Fsp3) is 0. The van der Waals surface area contributed by atoms with Crippen molar-refractivity contribution in [2.24, 2.45) is 0 Å². The molecule has 0 aromatic rings. The molecule has 0 saturated heterocycles. The molecule has 0 saturated carbocycles. The van der Waals surface area contributed by atoms with Gasteiger partial charge in [0.2, 0.25) is 0 Å². The van der Waals surface area contributed by atoms with Gasteiger partial charge in [-0.05, 0) is 0 Å². The summed E-state index contributed by atoms with van der Waals surface area (Å²) in [6.45, 7) is 0. The Morgan fingerprint density at radius 3 is 1.23 bits per heavy atom. The van der Waals surface area contributed by atoms with E-state index in [2.05, 4.69) is 2.84 Å². The molecule has 0 fully saturated rings. The minimum atomic E-state index is -5.76. The van der Waals surface area contributed by atoms with E-state index in [1.54, 1.807) is 0 Å². The Bertz CT molecular complexity index is 308. The van der Waals surface area contributed by atoms with Crippen LogP contribution in [0.25, 0.3) is 0 Å². The van der Waals surface area contributed by atoms with E-state index < -0.39 is 32.3 Å². The first-order chi connectivity index (χ1) is 5.44. The zero-order valence-corrected chi connectivity index (χ0v) is 8.01. The summed E-state index contributed by atoms with van der Waals surface area (Å²) >= 11 is -11.5. The van der Waals surface area contributed by atoms with Crippen LogP contribution in [-0.4, -0.2) is 18.6 Å². The normalized spacial score (nSPS) is 11.2. The monoisotopic (exact) mass is 281 g/mol. The van der Waals surface area contributed by atoms with Gasteiger partial charge in [0.25, 0.3) is 5.09 Å². The second kappa shape index (κ2) is 5.16. The van der Waals surface area contributed by atoms with Crippen LogP contribution in [0, 0.1) is 10.1 Å². The van der Waals surface area contributed by atoms with E-state index in [1.807, 2.05) is 0 Å². The van der Waals surface area contributed by atoms with Crippen molar-refractivity contribution in [3.05, 3.63) is 10.1 Å². The Balaban J connectivity index is 0. The summed E-state index contributed by atoms with van der Waals surface area (Å²) in [5.41, 5.74) is 0. The molecule has 0 spiro atoms. The van der Waals surface area contributed by atoms with Gasteiger partial charge in [0.05, 0.1) is 0 Å². The second-order valence-electron chi connectivity index (χ2n) is 1.16. The van der Waals surface area contributed by atoms with E-state index in [0.29, 0.717) is 0 Å². The van der Waals surface area contributed by atoms with Gasteiger partial charge in [-0.3, -0.25) is 0 Å². The zero-order valence-electron chi connectivity index (χ0n) is 5.46. The van der Waals surface area contributed by atoms with E-state index in [0.717, 1.165) is 0 Å². The van der Waals surface area contributed by atoms with E-state index in [-0.39, 0.29) is 0 Å². The molecule has 0 unspecified atom stereocenters. The third kappa shape index (κ3) is 34.7. The van der Waals surface area contributed by atoms with Gasteiger partial charge < -0.3 is 5.21 Å². The Morgan fingerprint density at radius 1 is 1.08 bits per heavy atom. The fourth-order valence-corrected chi connectivity index (χ4v) is 1.85. The number of rotatable bonds is 2. The number of nitrogens with zero attached hydrogens (tertiary/aromatic N) is 1. The van der Waals surface area contributed by atoms with Gasteiger partial charge in [0, 0.05) is 0 Å². The summed E-state index contributed by atoms with van der Waals surface area (Å²) in [4.78, 5) is 8.36. The first kappa shape index (κ1) is 14.8. The topological polar surface area (TPSA) is 181 Å². The zero-order chi connectivity index (χ0) is 11.3. The molecule has 0 aliphatic carbocycles. The fourth-order valence-electron chi connectivity index (χ4n) is 0.109. The molecule has 13 heavy (non-hydrogen) atoms. The summed E-state index contributed by atoms with van der Waals surface area (Å²) in [7, 11) is 0. The van der Waals surface area contributed by atoms with Gasteiger partial charge >= 0.3 is 53.6 Å². The SMILES string of the molecule is O=[N+]([O-])O.[O]=[Cr](=[O])([OH])[O][Cr](=[O])(=[O])[OH]. The van der Waals surface area contributed by atoms with E-state index in [4.69, 9.17) is 23.6 Å². The average molecular weight is 281 g/mol. The van der Waals surface area contributed by atoms with Gasteiger partial charge in [-0.1, -0.05) is 0 Å². The van der Waals surface area contributed by atoms with Crippen LogP contribution in [0.15, 0.2) is 0 Å². The Hall–Kier alpha value is -0.655. The van der Waals surface area contributed by atoms with Gasteiger partial charge in [0.15, 0.2) is 0 Å². The summed E-state index contributed by atoms with van der Waals surface area (Å²) in [5.74, 6) is 0. The number of hydrogen-bond acceptors (Lipinski definition) is 7. The third-order valence-electron chi connectivity index (χ3n) is 0.172. The van der Waals surface area contributed by atoms with E-state index in [9.17, 15) is 15.2 Å². The predicted molar refractivity (Wildman–Crippen MR) is 17.0 cm³/mol. The van der Waals surface area contributed by atoms with Gasteiger partial charge in [-0.15, -0.1) is 10.1 Å². The summed E-state index contributed by atoms with van der Waals surface area (Å²) in [5, 5.41) is 13.6. The Labute approximate surface area is 74.4 Å². The van der Waals surface area contributed by atoms with Gasteiger partial charge in [-0.25, -0.2) is 0 Å². The molecule has 13 heteroatoms.